The number of aryl methyl sites for hydroxylation is 1. The Morgan fingerprint density at radius 1 is 1.35 bits per heavy atom. The van der Waals surface area contributed by atoms with E-state index in [0.29, 0.717) is 6.42 Å². The van der Waals surface area contributed by atoms with Crippen LogP contribution in [0.2, 0.25) is 0 Å². The van der Waals surface area contributed by atoms with Crippen LogP contribution in [0.3, 0.4) is 0 Å². The Labute approximate surface area is 116 Å². The maximum atomic E-state index is 12.0. The summed E-state index contributed by atoms with van der Waals surface area (Å²) < 4.78 is 32.4. The Bertz CT molecular complexity index is 444. The lowest BCUT2D eigenvalue weighted by Gasteiger charge is -2.16. The number of hydrogen-bond donors (Lipinski definition) is 1. The number of nitrogens with one attached hydrogen (secondary N) is 1. The third-order valence-electron chi connectivity index (χ3n) is 2.27. The number of rotatable bonds is 6. The fourth-order valence-electron chi connectivity index (χ4n) is 1.28. The fraction of sp³-hybridized carbons (Fsp3) is 0.455. The van der Waals surface area contributed by atoms with Crippen LogP contribution < -0.4 is 4.72 Å². The van der Waals surface area contributed by atoms with Crippen LogP contribution in [0.5, 0.6) is 0 Å². The van der Waals surface area contributed by atoms with E-state index in [0.717, 1.165) is 9.99 Å². The first-order chi connectivity index (χ1) is 7.99. The minimum absolute atomic E-state index is 0.263. The van der Waals surface area contributed by atoms with Crippen molar-refractivity contribution in [3.63, 3.8) is 0 Å². The number of ether oxygens (including phenoxy) is 1. The van der Waals surface area contributed by atoms with Crippen molar-refractivity contribution < 1.29 is 13.2 Å². The fourth-order valence-corrected chi connectivity index (χ4v) is 3.04. The van der Waals surface area contributed by atoms with Crippen molar-refractivity contribution in [1.29, 1.82) is 0 Å². The van der Waals surface area contributed by atoms with E-state index < -0.39 is 16.3 Å². The van der Waals surface area contributed by atoms with Gasteiger partial charge in [-0.05, 0) is 25.5 Å². The van der Waals surface area contributed by atoms with Crippen molar-refractivity contribution in [2.75, 3.05) is 11.5 Å². The summed E-state index contributed by atoms with van der Waals surface area (Å²) in [5, 5.41) is 0. The zero-order chi connectivity index (χ0) is 12.9. The summed E-state index contributed by atoms with van der Waals surface area (Å²) in [6.45, 7) is 1.91. The van der Waals surface area contributed by atoms with Gasteiger partial charge in [-0.3, -0.25) is 0 Å². The molecule has 0 heterocycles. The van der Waals surface area contributed by atoms with Crippen molar-refractivity contribution in [2.24, 2.45) is 0 Å². The van der Waals surface area contributed by atoms with Gasteiger partial charge in [-0.1, -0.05) is 40.3 Å². The molecule has 0 amide bonds. The summed E-state index contributed by atoms with van der Waals surface area (Å²) in [6, 6.07) is 6.73. The van der Waals surface area contributed by atoms with Crippen molar-refractivity contribution in [1.82, 2.24) is 4.72 Å². The first-order valence-corrected chi connectivity index (χ1v) is 8.18. The molecule has 0 saturated heterocycles. The van der Waals surface area contributed by atoms with Gasteiger partial charge in [-0.25, -0.2) is 8.42 Å². The highest BCUT2D eigenvalue weighted by atomic mass is 127. The van der Waals surface area contributed by atoms with Gasteiger partial charge in [0.1, 0.15) is 6.23 Å². The molecule has 4 nitrogen and oxygen atoms in total. The van der Waals surface area contributed by atoms with Crippen LogP contribution in [0.1, 0.15) is 12.0 Å². The summed E-state index contributed by atoms with van der Waals surface area (Å²) in [4.78, 5) is 0.263. The van der Waals surface area contributed by atoms with Gasteiger partial charge in [0, 0.05) is 11.5 Å². The number of sulfonamides is 1. The molecule has 0 aliphatic heterocycles. The molecule has 0 bridgehead atoms. The van der Waals surface area contributed by atoms with Gasteiger partial charge < -0.3 is 4.74 Å². The second-order valence-corrected chi connectivity index (χ2v) is 6.43. The highest BCUT2D eigenvalue weighted by Gasteiger charge is 2.18. The van der Waals surface area contributed by atoms with E-state index in [1.54, 1.807) is 24.3 Å². The molecule has 0 aliphatic carbocycles. The van der Waals surface area contributed by atoms with Gasteiger partial charge in [0.2, 0.25) is 10.0 Å². The standard InChI is InChI=1S/C11H16INO3S/c1-9-3-5-10(6-4-9)17(14,15)13-11(16-2)7-8-12/h3-6,11,13H,7-8H2,1-2H3. The Kier molecular flexibility index (Phi) is 5.84. The van der Waals surface area contributed by atoms with E-state index in [2.05, 4.69) is 27.3 Å². The molecule has 0 saturated carbocycles. The topological polar surface area (TPSA) is 55.4 Å². The van der Waals surface area contributed by atoms with Gasteiger partial charge in [0.05, 0.1) is 4.90 Å². The van der Waals surface area contributed by atoms with Crippen molar-refractivity contribution >= 4 is 32.6 Å². The summed E-state index contributed by atoms with van der Waals surface area (Å²) >= 11 is 2.18. The van der Waals surface area contributed by atoms with Crippen LogP contribution >= 0.6 is 22.6 Å². The molecule has 0 aliphatic rings. The molecular formula is C11H16INO3S. The maximum absolute atomic E-state index is 12.0. The Hall–Kier alpha value is -0.180. The lowest BCUT2D eigenvalue weighted by Crippen LogP contribution is -2.36. The second-order valence-electron chi connectivity index (χ2n) is 3.64. The Morgan fingerprint density at radius 2 is 1.94 bits per heavy atom. The minimum atomic E-state index is -3.49. The van der Waals surface area contributed by atoms with Gasteiger partial charge in [0.15, 0.2) is 0 Å². The van der Waals surface area contributed by atoms with E-state index in [1.165, 1.54) is 7.11 Å². The lowest BCUT2D eigenvalue weighted by molar-refractivity contribution is 0.0922. The SMILES string of the molecule is COC(CCI)NS(=O)(=O)c1ccc(C)cc1. The molecule has 0 aromatic heterocycles. The molecule has 1 N–H and O–H groups in total. The summed E-state index contributed by atoms with van der Waals surface area (Å²) in [5.41, 5.74) is 1.03. The van der Waals surface area contributed by atoms with Crippen molar-refractivity contribution in [2.45, 2.75) is 24.5 Å². The molecule has 96 valence electrons. The van der Waals surface area contributed by atoms with Gasteiger partial charge in [0.25, 0.3) is 0 Å². The van der Waals surface area contributed by atoms with Crippen LogP contribution in [0.4, 0.5) is 0 Å². The monoisotopic (exact) mass is 369 g/mol. The van der Waals surface area contributed by atoms with Crippen LogP contribution in [-0.2, 0) is 14.8 Å². The average molecular weight is 369 g/mol. The van der Waals surface area contributed by atoms with E-state index >= 15 is 0 Å². The van der Waals surface area contributed by atoms with Crippen molar-refractivity contribution in [3.05, 3.63) is 29.8 Å². The first kappa shape index (κ1) is 14.9. The first-order valence-electron chi connectivity index (χ1n) is 5.17. The van der Waals surface area contributed by atoms with Crippen LogP contribution in [0.15, 0.2) is 29.2 Å². The highest BCUT2D eigenvalue weighted by Crippen LogP contribution is 2.11. The average Bonchev–Trinajstić information content (AvgIpc) is 2.28. The number of alkyl halides is 1. The summed E-state index contributed by atoms with van der Waals surface area (Å²) in [5.74, 6) is 0. The smallest absolute Gasteiger partial charge is 0.242 e. The minimum Gasteiger partial charge on any atom is -0.366 e. The third-order valence-corrected chi connectivity index (χ3v) is 4.36. The molecule has 6 heteroatoms. The van der Waals surface area contributed by atoms with Crippen LogP contribution in [0, 0.1) is 6.92 Å². The largest absolute Gasteiger partial charge is 0.366 e. The molecule has 0 radical (unpaired) electrons. The van der Waals surface area contributed by atoms with Gasteiger partial charge in [-0.15, -0.1) is 0 Å². The maximum Gasteiger partial charge on any atom is 0.242 e. The molecule has 1 rings (SSSR count). The molecule has 1 aromatic rings. The van der Waals surface area contributed by atoms with Crippen molar-refractivity contribution in [3.8, 4) is 0 Å². The molecule has 1 aromatic carbocycles. The summed E-state index contributed by atoms with van der Waals surface area (Å²) in [6.07, 6.45) is 0.167. The van der Waals surface area contributed by atoms with Crippen LogP contribution in [-0.4, -0.2) is 26.2 Å². The Balaban J connectivity index is 2.84. The number of hydrogen-bond acceptors (Lipinski definition) is 3. The van der Waals surface area contributed by atoms with E-state index in [9.17, 15) is 8.42 Å². The number of halogens is 1. The third kappa shape index (κ3) is 4.53. The summed E-state index contributed by atoms with van der Waals surface area (Å²) in [7, 11) is -1.99. The number of methoxy groups -OCH3 is 1. The van der Waals surface area contributed by atoms with Crippen LogP contribution in [0.25, 0.3) is 0 Å². The molecule has 0 spiro atoms. The van der Waals surface area contributed by atoms with E-state index in [1.807, 2.05) is 6.92 Å². The van der Waals surface area contributed by atoms with E-state index in [4.69, 9.17) is 4.74 Å². The quantitative estimate of drug-likeness (QED) is 0.475. The normalized spacial score (nSPS) is 13.6. The number of benzene rings is 1. The zero-order valence-corrected chi connectivity index (χ0v) is 12.8. The highest BCUT2D eigenvalue weighted by molar-refractivity contribution is 14.1. The Morgan fingerprint density at radius 3 is 2.41 bits per heavy atom. The predicted molar refractivity (Wildman–Crippen MR) is 75.8 cm³/mol. The molecule has 1 unspecified atom stereocenters. The van der Waals surface area contributed by atoms with E-state index in [-0.39, 0.29) is 4.90 Å². The molecule has 0 fully saturated rings. The molecule has 17 heavy (non-hydrogen) atoms. The predicted octanol–water partition coefficient (Wildman–Crippen LogP) is 2.07. The second kappa shape index (κ2) is 6.67. The van der Waals surface area contributed by atoms with Gasteiger partial charge in [-0.2, -0.15) is 4.72 Å². The zero-order valence-electron chi connectivity index (χ0n) is 9.81. The molecule has 1 atom stereocenters. The van der Waals surface area contributed by atoms with Gasteiger partial charge >= 0.3 is 0 Å². The lowest BCUT2D eigenvalue weighted by atomic mass is 10.2. The molecular weight excluding hydrogens is 353 g/mol.